The minimum absolute atomic E-state index is 0.00763. The van der Waals surface area contributed by atoms with Crippen molar-refractivity contribution in [2.75, 3.05) is 12.4 Å². The largest absolute Gasteiger partial charge is 0.394 e. The number of hydrogen-bond acceptors (Lipinski definition) is 4. The predicted molar refractivity (Wildman–Crippen MR) is 71.1 cm³/mol. The van der Waals surface area contributed by atoms with Crippen LogP contribution in [0, 0.1) is 0 Å². The molecule has 0 aliphatic heterocycles. The number of nitrogens with zero attached hydrogens (tertiary/aromatic N) is 1. The molecule has 0 saturated carbocycles. The van der Waals surface area contributed by atoms with Crippen LogP contribution < -0.4 is 5.73 Å². The Labute approximate surface area is 105 Å². The smallest absolute Gasteiger partial charge is 0.166 e. The van der Waals surface area contributed by atoms with Crippen molar-refractivity contribution >= 4 is 22.8 Å². The van der Waals surface area contributed by atoms with Crippen molar-refractivity contribution < 1.29 is 5.11 Å². The maximum absolute atomic E-state index is 9.05. The second-order valence-corrected chi connectivity index (χ2v) is 5.55. The fourth-order valence-corrected chi connectivity index (χ4v) is 2.56. The lowest BCUT2D eigenvalue weighted by Crippen LogP contribution is -2.40. The zero-order chi connectivity index (χ0) is 12.3. The van der Waals surface area contributed by atoms with Crippen LogP contribution in [-0.2, 0) is 0 Å². The number of para-hydroxylation sites is 2. The molecule has 1 aromatic heterocycles. The molecule has 0 radical (unpaired) electrons. The molecular weight excluding hydrogens is 234 g/mol. The lowest BCUT2D eigenvalue weighted by Gasteiger charge is -2.20. The van der Waals surface area contributed by atoms with E-state index in [0.717, 1.165) is 28.4 Å². The highest BCUT2D eigenvalue weighted by atomic mass is 32.2. The van der Waals surface area contributed by atoms with E-state index in [1.807, 2.05) is 31.2 Å². The molecule has 1 atom stereocenters. The molecule has 0 fully saturated rings. The first kappa shape index (κ1) is 12.4. The number of H-pyrrole nitrogens is 1. The minimum atomic E-state index is -0.501. The Morgan fingerprint density at radius 2 is 2.24 bits per heavy atom. The van der Waals surface area contributed by atoms with Crippen molar-refractivity contribution in [1.82, 2.24) is 9.97 Å². The van der Waals surface area contributed by atoms with Crippen LogP contribution in [0.25, 0.3) is 11.0 Å². The van der Waals surface area contributed by atoms with Crippen molar-refractivity contribution in [1.29, 1.82) is 0 Å². The molecular formula is C12H17N3OS. The minimum Gasteiger partial charge on any atom is -0.394 e. The number of aliphatic hydroxyl groups excluding tert-OH is 1. The highest BCUT2D eigenvalue weighted by Gasteiger charge is 2.16. The SMILES string of the molecule is CC(N)(CO)CCSc1nc2ccccc2[nH]1. The normalized spacial score (nSPS) is 15.0. The number of rotatable bonds is 5. The van der Waals surface area contributed by atoms with Gasteiger partial charge in [0.15, 0.2) is 5.16 Å². The molecule has 17 heavy (non-hydrogen) atoms. The molecule has 1 unspecified atom stereocenters. The number of hydrogen-bond donors (Lipinski definition) is 3. The van der Waals surface area contributed by atoms with Crippen LogP contribution in [-0.4, -0.2) is 33.0 Å². The maximum atomic E-state index is 9.05. The zero-order valence-electron chi connectivity index (χ0n) is 9.81. The van der Waals surface area contributed by atoms with Gasteiger partial charge in [0, 0.05) is 11.3 Å². The van der Waals surface area contributed by atoms with Crippen LogP contribution in [0.2, 0.25) is 0 Å². The van der Waals surface area contributed by atoms with E-state index in [9.17, 15) is 0 Å². The molecule has 4 N–H and O–H groups in total. The molecule has 2 rings (SSSR count). The third-order valence-electron chi connectivity index (χ3n) is 2.64. The van der Waals surface area contributed by atoms with E-state index in [0.29, 0.717) is 0 Å². The molecule has 2 aromatic rings. The van der Waals surface area contributed by atoms with Crippen LogP contribution in [0.3, 0.4) is 0 Å². The van der Waals surface area contributed by atoms with E-state index in [-0.39, 0.29) is 6.61 Å². The first-order valence-corrected chi connectivity index (χ1v) is 6.56. The van der Waals surface area contributed by atoms with Gasteiger partial charge in [-0.25, -0.2) is 4.98 Å². The van der Waals surface area contributed by atoms with Crippen LogP contribution in [0.15, 0.2) is 29.4 Å². The number of aromatic amines is 1. The number of fused-ring (bicyclic) bond motifs is 1. The summed E-state index contributed by atoms with van der Waals surface area (Å²) in [6, 6.07) is 7.95. The van der Waals surface area contributed by atoms with E-state index < -0.39 is 5.54 Å². The van der Waals surface area contributed by atoms with Gasteiger partial charge in [-0.1, -0.05) is 23.9 Å². The van der Waals surface area contributed by atoms with E-state index in [4.69, 9.17) is 10.8 Å². The molecule has 0 aliphatic carbocycles. The lowest BCUT2D eigenvalue weighted by atomic mass is 10.0. The van der Waals surface area contributed by atoms with Crippen LogP contribution in [0.1, 0.15) is 13.3 Å². The number of benzene rings is 1. The molecule has 5 heteroatoms. The number of aromatic nitrogens is 2. The van der Waals surface area contributed by atoms with Gasteiger partial charge >= 0.3 is 0 Å². The zero-order valence-corrected chi connectivity index (χ0v) is 10.6. The summed E-state index contributed by atoms with van der Waals surface area (Å²) in [7, 11) is 0. The fourth-order valence-electron chi connectivity index (χ4n) is 1.46. The summed E-state index contributed by atoms with van der Waals surface area (Å²) in [5, 5.41) is 9.95. The van der Waals surface area contributed by atoms with Gasteiger partial charge in [0.05, 0.1) is 17.6 Å². The third kappa shape index (κ3) is 3.21. The fraction of sp³-hybridized carbons (Fsp3) is 0.417. The summed E-state index contributed by atoms with van der Waals surface area (Å²) in [6.07, 6.45) is 0.755. The van der Waals surface area contributed by atoms with E-state index in [1.165, 1.54) is 0 Å². The van der Waals surface area contributed by atoms with Gasteiger partial charge in [0.25, 0.3) is 0 Å². The Kier molecular flexibility index (Phi) is 3.71. The van der Waals surface area contributed by atoms with E-state index in [2.05, 4.69) is 9.97 Å². The van der Waals surface area contributed by atoms with Crippen molar-refractivity contribution in [2.24, 2.45) is 5.73 Å². The monoisotopic (exact) mass is 251 g/mol. The van der Waals surface area contributed by atoms with Gasteiger partial charge in [0.1, 0.15) is 0 Å². The first-order chi connectivity index (χ1) is 8.11. The number of thioether (sulfide) groups is 1. The average molecular weight is 251 g/mol. The van der Waals surface area contributed by atoms with Gasteiger partial charge in [-0.15, -0.1) is 0 Å². The van der Waals surface area contributed by atoms with E-state index in [1.54, 1.807) is 11.8 Å². The van der Waals surface area contributed by atoms with Crippen molar-refractivity contribution in [2.45, 2.75) is 24.0 Å². The Balaban J connectivity index is 1.95. The molecule has 0 spiro atoms. The number of nitrogens with one attached hydrogen (secondary N) is 1. The van der Waals surface area contributed by atoms with Crippen LogP contribution in [0.4, 0.5) is 0 Å². The molecule has 1 aromatic carbocycles. The molecule has 0 amide bonds. The molecule has 92 valence electrons. The third-order valence-corrected chi connectivity index (χ3v) is 3.52. The first-order valence-electron chi connectivity index (χ1n) is 5.58. The maximum Gasteiger partial charge on any atom is 0.166 e. The predicted octanol–water partition coefficient (Wildman–Crippen LogP) is 1.75. The lowest BCUT2D eigenvalue weighted by molar-refractivity contribution is 0.206. The summed E-state index contributed by atoms with van der Waals surface area (Å²) < 4.78 is 0. The molecule has 0 saturated heterocycles. The summed E-state index contributed by atoms with van der Waals surface area (Å²) in [6.45, 7) is 1.86. The highest BCUT2D eigenvalue weighted by molar-refractivity contribution is 7.99. The average Bonchev–Trinajstić information content (AvgIpc) is 2.71. The second-order valence-electron chi connectivity index (χ2n) is 4.47. The Hall–Kier alpha value is -1.04. The summed E-state index contributed by atoms with van der Waals surface area (Å²) in [5.41, 5.74) is 7.39. The van der Waals surface area contributed by atoms with Gasteiger partial charge < -0.3 is 15.8 Å². The number of nitrogens with two attached hydrogens (primary N) is 1. The van der Waals surface area contributed by atoms with Gasteiger partial charge in [-0.3, -0.25) is 0 Å². The Bertz CT molecular complexity index is 462. The van der Waals surface area contributed by atoms with Crippen molar-refractivity contribution in [3.05, 3.63) is 24.3 Å². The number of aliphatic hydroxyl groups is 1. The molecule has 0 aliphatic rings. The van der Waals surface area contributed by atoms with Crippen LogP contribution >= 0.6 is 11.8 Å². The second kappa shape index (κ2) is 5.08. The molecule has 0 bridgehead atoms. The standard InChI is InChI=1S/C12H17N3OS/c1-12(13,8-16)6-7-17-11-14-9-4-2-3-5-10(9)15-11/h2-5,16H,6-8,13H2,1H3,(H,14,15). The summed E-state index contributed by atoms with van der Waals surface area (Å²) in [5.74, 6) is 0.841. The Morgan fingerprint density at radius 3 is 2.94 bits per heavy atom. The topological polar surface area (TPSA) is 74.9 Å². The molecule has 1 heterocycles. The van der Waals surface area contributed by atoms with Crippen molar-refractivity contribution in [3.63, 3.8) is 0 Å². The van der Waals surface area contributed by atoms with Gasteiger partial charge in [-0.2, -0.15) is 0 Å². The van der Waals surface area contributed by atoms with Crippen LogP contribution in [0.5, 0.6) is 0 Å². The van der Waals surface area contributed by atoms with E-state index >= 15 is 0 Å². The number of imidazole rings is 1. The van der Waals surface area contributed by atoms with Gasteiger partial charge in [0.2, 0.25) is 0 Å². The quantitative estimate of drug-likeness (QED) is 0.708. The summed E-state index contributed by atoms with van der Waals surface area (Å²) in [4.78, 5) is 7.71. The Morgan fingerprint density at radius 1 is 1.47 bits per heavy atom. The van der Waals surface area contributed by atoms with Crippen molar-refractivity contribution in [3.8, 4) is 0 Å². The van der Waals surface area contributed by atoms with Gasteiger partial charge in [-0.05, 0) is 25.5 Å². The molecule has 4 nitrogen and oxygen atoms in total. The highest BCUT2D eigenvalue weighted by Crippen LogP contribution is 2.21. The summed E-state index contributed by atoms with van der Waals surface area (Å²) >= 11 is 1.63.